The third-order valence-corrected chi connectivity index (χ3v) is 4.08. The molecule has 0 aliphatic carbocycles. The minimum absolute atomic E-state index is 0.0700. The molecule has 2 nitrogen and oxygen atoms in total. The molecule has 0 spiro atoms. The Bertz CT molecular complexity index is 564. The van der Waals surface area contributed by atoms with Crippen LogP contribution in [0.15, 0.2) is 42.5 Å². The van der Waals surface area contributed by atoms with Gasteiger partial charge in [0.1, 0.15) is 0 Å². The number of nitrogens with one attached hydrogen (secondary N) is 1. The van der Waals surface area contributed by atoms with Crippen LogP contribution in [0.2, 0.25) is 5.02 Å². The summed E-state index contributed by atoms with van der Waals surface area (Å²) in [5.41, 5.74) is 7.70. The van der Waals surface area contributed by atoms with E-state index in [0.717, 1.165) is 29.0 Å². The first-order valence-corrected chi connectivity index (χ1v) is 7.31. The van der Waals surface area contributed by atoms with Gasteiger partial charge in [-0.3, -0.25) is 11.3 Å². The highest BCUT2D eigenvalue weighted by molar-refractivity contribution is 6.31. The maximum Gasteiger partial charge on any atom is 0.0500 e. The predicted octanol–water partition coefficient (Wildman–Crippen LogP) is 3.96. The fraction of sp³-hybridized carbons (Fsp3) is 0.294. The van der Waals surface area contributed by atoms with Crippen molar-refractivity contribution < 1.29 is 0 Å². The van der Waals surface area contributed by atoms with Crippen LogP contribution in [0.3, 0.4) is 0 Å². The summed E-state index contributed by atoms with van der Waals surface area (Å²) in [7, 11) is 0. The summed E-state index contributed by atoms with van der Waals surface area (Å²) in [6.45, 7) is 4.16. The fourth-order valence-electron chi connectivity index (χ4n) is 2.25. The van der Waals surface area contributed by atoms with Crippen molar-refractivity contribution in [2.75, 3.05) is 0 Å². The second-order valence-electron chi connectivity index (χ2n) is 5.10. The second kappa shape index (κ2) is 6.89. The first-order valence-electron chi connectivity index (χ1n) is 6.94. The standard InChI is InChI=1S/C17H21ClN2/c1-3-13-5-7-14(8-6-13)10-17(20-19)15-9-4-12(2)16(18)11-15/h4-9,11,17,20H,3,10,19H2,1-2H3. The van der Waals surface area contributed by atoms with Gasteiger partial charge in [-0.1, -0.05) is 54.9 Å². The van der Waals surface area contributed by atoms with Crippen LogP contribution in [0.1, 0.15) is 35.2 Å². The zero-order valence-corrected chi connectivity index (χ0v) is 12.7. The van der Waals surface area contributed by atoms with Crippen LogP contribution in [-0.4, -0.2) is 0 Å². The summed E-state index contributed by atoms with van der Waals surface area (Å²) in [5, 5.41) is 0.782. The lowest BCUT2D eigenvalue weighted by Crippen LogP contribution is -2.29. The van der Waals surface area contributed by atoms with Gasteiger partial charge in [0.25, 0.3) is 0 Å². The highest BCUT2D eigenvalue weighted by Crippen LogP contribution is 2.23. The Labute approximate surface area is 125 Å². The number of hydrogen-bond acceptors (Lipinski definition) is 2. The van der Waals surface area contributed by atoms with E-state index in [9.17, 15) is 0 Å². The lowest BCUT2D eigenvalue weighted by Gasteiger charge is -2.17. The lowest BCUT2D eigenvalue weighted by atomic mass is 9.97. The van der Waals surface area contributed by atoms with Crippen molar-refractivity contribution in [1.82, 2.24) is 5.43 Å². The number of nitrogens with two attached hydrogens (primary N) is 1. The van der Waals surface area contributed by atoms with Gasteiger partial charge >= 0.3 is 0 Å². The third kappa shape index (κ3) is 3.60. The average Bonchev–Trinajstić information content (AvgIpc) is 2.48. The number of halogens is 1. The van der Waals surface area contributed by atoms with E-state index in [2.05, 4.69) is 42.7 Å². The molecule has 0 aliphatic heterocycles. The number of rotatable bonds is 5. The van der Waals surface area contributed by atoms with Crippen LogP contribution < -0.4 is 11.3 Å². The average molecular weight is 289 g/mol. The number of aryl methyl sites for hydroxylation is 2. The maximum absolute atomic E-state index is 6.19. The first-order chi connectivity index (χ1) is 9.63. The van der Waals surface area contributed by atoms with Gasteiger partial charge in [0.05, 0.1) is 6.04 Å². The van der Waals surface area contributed by atoms with Crippen molar-refractivity contribution in [3.05, 3.63) is 69.7 Å². The monoisotopic (exact) mass is 288 g/mol. The van der Waals surface area contributed by atoms with Crippen molar-refractivity contribution >= 4 is 11.6 Å². The predicted molar refractivity (Wildman–Crippen MR) is 85.8 cm³/mol. The molecule has 2 aromatic carbocycles. The molecule has 106 valence electrons. The molecule has 1 unspecified atom stereocenters. The topological polar surface area (TPSA) is 38.0 Å². The Kier molecular flexibility index (Phi) is 5.18. The van der Waals surface area contributed by atoms with E-state index < -0.39 is 0 Å². The first kappa shape index (κ1) is 15.0. The van der Waals surface area contributed by atoms with E-state index >= 15 is 0 Å². The zero-order valence-electron chi connectivity index (χ0n) is 12.0. The van der Waals surface area contributed by atoms with Gasteiger partial charge in [0.2, 0.25) is 0 Å². The third-order valence-electron chi connectivity index (χ3n) is 3.67. The molecule has 0 amide bonds. The fourth-order valence-corrected chi connectivity index (χ4v) is 2.43. The minimum atomic E-state index is 0.0700. The van der Waals surface area contributed by atoms with Crippen LogP contribution >= 0.6 is 11.6 Å². The zero-order chi connectivity index (χ0) is 14.5. The summed E-state index contributed by atoms with van der Waals surface area (Å²) in [4.78, 5) is 0. The second-order valence-corrected chi connectivity index (χ2v) is 5.51. The van der Waals surface area contributed by atoms with Crippen molar-refractivity contribution in [1.29, 1.82) is 0 Å². The molecular formula is C17H21ClN2. The normalized spacial score (nSPS) is 12.4. The molecule has 0 aromatic heterocycles. The van der Waals surface area contributed by atoms with Crippen LogP contribution in [0.5, 0.6) is 0 Å². The molecule has 3 heteroatoms. The van der Waals surface area contributed by atoms with Crippen LogP contribution in [-0.2, 0) is 12.8 Å². The summed E-state index contributed by atoms with van der Waals surface area (Å²) < 4.78 is 0. The van der Waals surface area contributed by atoms with E-state index in [1.54, 1.807) is 0 Å². The van der Waals surface area contributed by atoms with Gasteiger partial charge in [-0.15, -0.1) is 0 Å². The molecule has 2 rings (SSSR count). The van der Waals surface area contributed by atoms with Crippen molar-refractivity contribution in [3.8, 4) is 0 Å². The lowest BCUT2D eigenvalue weighted by molar-refractivity contribution is 0.552. The number of hydrazine groups is 1. The van der Waals surface area contributed by atoms with Gasteiger partial charge in [0.15, 0.2) is 0 Å². The Morgan fingerprint density at radius 2 is 1.75 bits per heavy atom. The molecule has 0 radical (unpaired) electrons. The van der Waals surface area contributed by atoms with E-state index in [0.29, 0.717) is 0 Å². The Morgan fingerprint density at radius 1 is 1.10 bits per heavy atom. The molecular weight excluding hydrogens is 268 g/mol. The quantitative estimate of drug-likeness (QED) is 0.646. The molecule has 0 aliphatic rings. The molecule has 20 heavy (non-hydrogen) atoms. The van der Waals surface area contributed by atoms with Gasteiger partial charge in [-0.2, -0.15) is 0 Å². The molecule has 0 saturated carbocycles. The highest BCUT2D eigenvalue weighted by Gasteiger charge is 2.11. The SMILES string of the molecule is CCc1ccc(CC(NN)c2ccc(C)c(Cl)c2)cc1. The van der Waals surface area contributed by atoms with Gasteiger partial charge in [-0.05, 0) is 48.1 Å². The van der Waals surface area contributed by atoms with Gasteiger partial charge in [-0.25, -0.2) is 0 Å². The molecule has 1 atom stereocenters. The molecule has 0 heterocycles. The van der Waals surface area contributed by atoms with Gasteiger partial charge < -0.3 is 0 Å². The van der Waals surface area contributed by atoms with Crippen LogP contribution in [0.25, 0.3) is 0 Å². The molecule has 3 N–H and O–H groups in total. The van der Waals surface area contributed by atoms with E-state index in [1.807, 2.05) is 19.1 Å². The Hall–Kier alpha value is -1.35. The molecule has 2 aromatic rings. The number of benzene rings is 2. The summed E-state index contributed by atoms with van der Waals surface area (Å²) in [6, 6.07) is 14.8. The smallest absolute Gasteiger partial charge is 0.0500 e. The van der Waals surface area contributed by atoms with E-state index in [4.69, 9.17) is 17.4 Å². The van der Waals surface area contributed by atoms with Crippen molar-refractivity contribution in [2.24, 2.45) is 5.84 Å². The Morgan fingerprint density at radius 3 is 2.30 bits per heavy atom. The molecule has 0 bridgehead atoms. The summed E-state index contributed by atoms with van der Waals surface area (Å²) in [5.74, 6) is 5.70. The minimum Gasteiger partial charge on any atom is -0.271 e. The van der Waals surface area contributed by atoms with Crippen LogP contribution in [0.4, 0.5) is 0 Å². The van der Waals surface area contributed by atoms with E-state index in [1.165, 1.54) is 11.1 Å². The van der Waals surface area contributed by atoms with E-state index in [-0.39, 0.29) is 6.04 Å². The van der Waals surface area contributed by atoms with Crippen molar-refractivity contribution in [2.45, 2.75) is 32.7 Å². The largest absolute Gasteiger partial charge is 0.271 e. The van der Waals surface area contributed by atoms with Gasteiger partial charge in [0, 0.05) is 5.02 Å². The van der Waals surface area contributed by atoms with Crippen LogP contribution in [0, 0.1) is 6.92 Å². The Balaban J connectivity index is 2.16. The van der Waals surface area contributed by atoms with Crippen molar-refractivity contribution in [3.63, 3.8) is 0 Å². The highest BCUT2D eigenvalue weighted by atomic mass is 35.5. The molecule has 0 saturated heterocycles. The maximum atomic E-state index is 6.19. The summed E-state index contributed by atoms with van der Waals surface area (Å²) in [6.07, 6.45) is 1.91. The summed E-state index contributed by atoms with van der Waals surface area (Å²) >= 11 is 6.19. The number of hydrogen-bond donors (Lipinski definition) is 2. The molecule has 0 fully saturated rings.